The molecule has 2 aromatic rings. The minimum Gasteiger partial charge on any atom is -0.497 e. The fourth-order valence-electron chi connectivity index (χ4n) is 2.21. The maximum atomic E-state index is 12.4. The second kappa shape index (κ2) is 9.33. The Morgan fingerprint density at radius 3 is 2.75 bits per heavy atom. The van der Waals surface area contributed by atoms with Crippen LogP contribution in [-0.4, -0.2) is 19.6 Å². The number of carbonyl (C=O) groups excluding carboxylic acids is 1. The van der Waals surface area contributed by atoms with Crippen LogP contribution in [0.5, 0.6) is 11.5 Å². The summed E-state index contributed by atoms with van der Waals surface area (Å²) in [5.41, 5.74) is 1.57. The molecule has 5 heteroatoms. The van der Waals surface area contributed by atoms with Gasteiger partial charge in [0.2, 0.25) is 5.91 Å². The number of hydrogen-bond donors (Lipinski definition) is 1. The van der Waals surface area contributed by atoms with E-state index in [0.717, 1.165) is 22.9 Å². The number of amides is 1. The van der Waals surface area contributed by atoms with Gasteiger partial charge >= 0.3 is 0 Å². The average Bonchev–Trinajstić information content (AvgIpc) is 2.56. The number of unbranched alkanes of at least 4 members (excludes halogenated alkanes) is 1. The SMILES string of the molecule is CCCCOc1ccc(OC)cc1NC(=O)Cc1cccc(Br)c1. The normalized spacial score (nSPS) is 10.3. The van der Waals surface area contributed by atoms with E-state index in [1.54, 1.807) is 13.2 Å². The Bertz CT molecular complexity index is 688. The average molecular weight is 392 g/mol. The second-order valence-electron chi connectivity index (χ2n) is 5.42. The molecule has 1 N–H and O–H groups in total. The first-order valence-corrected chi connectivity index (χ1v) is 8.76. The fourth-order valence-corrected chi connectivity index (χ4v) is 2.66. The Labute approximate surface area is 151 Å². The molecule has 0 radical (unpaired) electrons. The Morgan fingerprint density at radius 2 is 2.04 bits per heavy atom. The summed E-state index contributed by atoms with van der Waals surface area (Å²) < 4.78 is 12.0. The molecule has 0 aliphatic rings. The van der Waals surface area contributed by atoms with Crippen molar-refractivity contribution in [3.05, 3.63) is 52.5 Å². The topological polar surface area (TPSA) is 47.6 Å². The quantitative estimate of drug-likeness (QED) is 0.656. The first kappa shape index (κ1) is 18.3. The molecule has 1 amide bonds. The van der Waals surface area contributed by atoms with Gasteiger partial charge in [-0.1, -0.05) is 41.4 Å². The number of halogens is 1. The zero-order chi connectivity index (χ0) is 17.4. The number of rotatable bonds is 8. The molecular weight excluding hydrogens is 370 g/mol. The van der Waals surface area contributed by atoms with Crippen molar-refractivity contribution in [2.24, 2.45) is 0 Å². The molecule has 0 saturated heterocycles. The highest BCUT2D eigenvalue weighted by Crippen LogP contribution is 2.29. The first-order chi connectivity index (χ1) is 11.6. The van der Waals surface area contributed by atoms with E-state index < -0.39 is 0 Å². The minimum absolute atomic E-state index is 0.0957. The van der Waals surface area contributed by atoms with Gasteiger partial charge in [-0.2, -0.15) is 0 Å². The molecule has 0 fully saturated rings. The Hall–Kier alpha value is -2.01. The third-order valence-electron chi connectivity index (χ3n) is 3.47. The van der Waals surface area contributed by atoms with E-state index in [1.165, 1.54) is 0 Å². The zero-order valence-electron chi connectivity index (χ0n) is 14.0. The lowest BCUT2D eigenvalue weighted by Crippen LogP contribution is -2.15. The molecule has 128 valence electrons. The van der Waals surface area contributed by atoms with E-state index in [4.69, 9.17) is 9.47 Å². The van der Waals surface area contributed by atoms with Crippen molar-refractivity contribution < 1.29 is 14.3 Å². The van der Waals surface area contributed by atoms with Crippen molar-refractivity contribution in [1.82, 2.24) is 0 Å². The van der Waals surface area contributed by atoms with E-state index in [0.29, 0.717) is 30.2 Å². The van der Waals surface area contributed by atoms with Crippen molar-refractivity contribution in [2.75, 3.05) is 19.0 Å². The number of hydrogen-bond acceptors (Lipinski definition) is 3. The van der Waals surface area contributed by atoms with Crippen LogP contribution in [-0.2, 0) is 11.2 Å². The van der Waals surface area contributed by atoms with E-state index in [2.05, 4.69) is 28.2 Å². The van der Waals surface area contributed by atoms with Crippen molar-refractivity contribution in [3.8, 4) is 11.5 Å². The van der Waals surface area contributed by atoms with E-state index in [9.17, 15) is 4.79 Å². The van der Waals surface area contributed by atoms with Crippen LogP contribution in [0.15, 0.2) is 46.9 Å². The minimum atomic E-state index is -0.0957. The Morgan fingerprint density at radius 1 is 1.21 bits per heavy atom. The molecule has 0 atom stereocenters. The van der Waals surface area contributed by atoms with E-state index >= 15 is 0 Å². The lowest BCUT2D eigenvalue weighted by molar-refractivity contribution is -0.115. The van der Waals surface area contributed by atoms with Gasteiger partial charge in [0.1, 0.15) is 11.5 Å². The summed E-state index contributed by atoms with van der Waals surface area (Å²) in [5, 5.41) is 2.92. The predicted molar refractivity (Wildman–Crippen MR) is 99.9 cm³/mol. The van der Waals surface area contributed by atoms with Gasteiger partial charge < -0.3 is 14.8 Å². The van der Waals surface area contributed by atoms with Crippen LogP contribution in [0, 0.1) is 0 Å². The van der Waals surface area contributed by atoms with Crippen LogP contribution in [0.25, 0.3) is 0 Å². The standard InChI is InChI=1S/C19H22BrNO3/c1-3-4-10-24-18-9-8-16(23-2)13-17(18)21-19(22)12-14-6-5-7-15(20)11-14/h5-9,11,13H,3-4,10,12H2,1-2H3,(H,21,22). The second-order valence-corrected chi connectivity index (χ2v) is 6.33. The highest BCUT2D eigenvalue weighted by molar-refractivity contribution is 9.10. The summed E-state index contributed by atoms with van der Waals surface area (Å²) in [6, 6.07) is 13.1. The summed E-state index contributed by atoms with van der Waals surface area (Å²) in [6.07, 6.45) is 2.32. The summed E-state index contributed by atoms with van der Waals surface area (Å²) in [7, 11) is 1.60. The highest BCUT2D eigenvalue weighted by atomic mass is 79.9. The highest BCUT2D eigenvalue weighted by Gasteiger charge is 2.11. The van der Waals surface area contributed by atoms with Crippen LogP contribution in [0.2, 0.25) is 0 Å². The zero-order valence-corrected chi connectivity index (χ0v) is 15.6. The van der Waals surface area contributed by atoms with Gasteiger partial charge in [-0.15, -0.1) is 0 Å². The molecule has 0 unspecified atom stereocenters. The molecule has 2 rings (SSSR count). The van der Waals surface area contributed by atoms with Gasteiger partial charge in [-0.05, 0) is 36.2 Å². The molecule has 0 aliphatic heterocycles. The molecule has 2 aromatic carbocycles. The van der Waals surface area contributed by atoms with E-state index in [-0.39, 0.29) is 5.91 Å². The number of nitrogens with one attached hydrogen (secondary N) is 1. The lowest BCUT2D eigenvalue weighted by Gasteiger charge is -2.14. The molecule has 0 heterocycles. The molecule has 0 spiro atoms. The van der Waals surface area contributed by atoms with Gasteiger partial charge in [0.25, 0.3) is 0 Å². The summed E-state index contributed by atoms with van der Waals surface area (Å²) >= 11 is 3.42. The number of ether oxygens (including phenoxy) is 2. The van der Waals surface area contributed by atoms with Gasteiger partial charge in [0.05, 0.1) is 25.8 Å². The van der Waals surface area contributed by atoms with Crippen LogP contribution in [0.1, 0.15) is 25.3 Å². The number of methoxy groups -OCH3 is 1. The van der Waals surface area contributed by atoms with Crippen molar-refractivity contribution >= 4 is 27.5 Å². The van der Waals surface area contributed by atoms with Gasteiger partial charge in [-0.25, -0.2) is 0 Å². The van der Waals surface area contributed by atoms with E-state index in [1.807, 2.05) is 36.4 Å². The largest absolute Gasteiger partial charge is 0.497 e. The molecule has 0 aliphatic carbocycles. The van der Waals surface area contributed by atoms with Crippen molar-refractivity contribution in [1.29, 1.82) is 0 Å². The Kier molecular flexibility index (Phi) is 7.12. The number of carbonyl (C=O) groups is 1. The summed E-state index contributed by atoms with van der Waals surface area (Å²) in [6.45, 7) is 2.73. The maximum Gasteiger partial charge on any atom is 0.228 e. The molecule has 24 heavy (non-hydrogen) atoms. The van der Waals surface area contributed by atoms with Gasteiger partial charge in [0, 0.05) is 10.5 Å². The number of anilines is 1. The molecule has 0 aromatic heterocycles. The third-order valence-corrected chi connectivity index (χ3v) is 3.96. The Balaban J connectivity index is 2.09. The van der Waals surface area contributed by atoms with Crippen LogP contribution >= 0.6 is 15.9 Å². The van der Waals surface area contributed by atoms with Gasteiger partial charge in [0.15, 0.2) is 0 Å². The molecule has 4 nitrogen and oxygen atoms in total. The van der Waals surface area contributed by atoms with Crippen LogP contribution in [0.4, 0.5) is 5.69 Å². The first-order valence-electron chi connectivity index (χ1n) is 7.97. The lowest BCUT2D eigenvalue weighted by atomic mass is 10.1. The molecular formula is C19H22BrNO3. The predicted octanol–water partition coefficient (Wildman–Crippen LogP) is 4.82. The van der Waals surface area contributed by atoms with Crippen molar-refractivity contribution in [2.45, 2.75) is 26.2 Å². The summed E-state index contributed by atoms with van der Waals surface area (Å²) in [5.74, 6) is 1.24. The molecule has 0 bridgehead atoms. The number of benzene rings is 2. The fraction of sp³-hybridized carbons (Fsp3) is 0.316. The third kappa shape index (κ3) is 5.57. The monoisotopic (exact) mass is 391 g/mol. The van der Waals surface area contributed by atoms with Crippen LogP contribution < -0.4 is 14.8 Å². The smallest absolute Gasteiger partial charge is 0.228 e. The van der Waals surface area contributed by atoms with Crippen LogP contribution in [0.3, 0.4) is 0 Å². The van der Waals surface area contributed by atoms with Gasteiger partial charge in [-0.3, -0.25) is 4.79 Å². The maximum absolute atomic E-state index is 12.4. The molecule has 0 saturated carbocycles. The summed E-state index contributed by atoms with van der Waals surface area (Å²) in [4.78, 5) is 12.4. The van der Waals surface area contributed by atoms with Crippen molar-refractivity contribution in [3.63, 3.8) is 0 Å².